The molecular formula is C9H8BrNO2. The lowest BCUT2D eigenvalue weighted by Gasteiger charge is -2.05. The van der Waals surface area contributed by atoms with Crippen molar-refractivity contribution in [3.63, 3.8) is 0 Å². The van der Waals surface area contributed by atoms with Crippen molar-refractivity contribution in [2.75, 3.05) is 0 Å². The Balaban J connectivity index is 3.03. The van der Waals surface area contributed by atoms with Crippen LogP contribution in [0.2, 0.25) is 0 Å². The van der Waals surface area contributed by atoms with Gasteiger partial charge in [-0.05, 0) is 40.5 Å². The molecule has 0 radical (unpaired) electrons. The van der Waals surface area contributed by atoms with Crippen molar-refractivity contribution in [3.05, 3.63) is 28.2 Å². The Morgan fingerprint density at radius 2 is 2.31 bits per heavy atom. The fourth-order valence-corrected chi connectivity index (χ4v) is 1.33. The third-order valence-corrected chi connectivity index (χ3v) is 2.34. The summed E-state index contributed by atoms with van der Waals surface area (Å²) < 4.78 is 0.595. The van der Waals surface area contributed by atoms with E-state index in [1.807, 2.05) is 0 Å². The first-order valence-corrected chi connectivity index (χ1v) is 4.50. The Labute approximate surface area is 84.2 Å². The summed E-state index contributed by atoms with van der Waals surface area (Å²) in [7, 11) is 0. The van der Waals surface area contributed by atoms with Gasteiger partial charge in [0.1, 0.15) is 5.75 Å². The molecule has 1 atom stereocenters. The van der Waals surface area contributed by atoms with E-state index in [-0.39, 0.29) is 11.8 Å². The number of aromatic hydroxyl groups is 1. The Bertz CT molecular complexity index is 359. The van der Waals surface area contributed by atoms with Crippen LogP contribution in [-0.4, -0.2) is 11.2 Å². The van der Waals surface area contributed by atoms with Gasteiger partial charge in [-0.15, -0.1) is 0 Å². The molecule has 0 aliphatic heterocycles. The maximum atomic E-state index is 9.99. The van der Waals surface area contributed by atoms with E-state index in [9.17, 15) is 9.90 Å². The van der Waals surface area contributed by atoms with Crippen LogP contribution in [0.3, 0.4) is 0 Å². The number of hydrogen-bond donors (Lipinski definition) is 1. The minimum Gasteiger partial charge on any atom is -0.507 e. The molecule has 13 heavy (non-hydrogen) atoms. The van der Waals surface area contributed by atoms with Crippen molar-refractivity contribution in [3.8, 4) is 5.75 Å². The predicted octanol–water partition coefficient (Wildman–Crippen LogP) is 2.55. The summed E-state index contributed by atoms with van der Waals surface area (Å²) in [5.41, 5.74) is 0.855. The SMILES string of the molecule is CC(N=C=O)c1ccc(O)c(Br)c1. The summed E-state index contributed by atoms with van der Waals surface area (Å²) in [5.74, 6) is 0.172. The number of aliphatic imine (C=N–C) groups is 1. The molecule has 0 aliphatic carbocycles. The average Bonchev–Trinajstić information content (AvgIpc) is 2.10. The number of benzene rings is 1. The van der Waals surface area contributed by atoms with Gasteiger partial charge in [0.2, 0.25) is 6.08 Å². The van der Waals surface area contributed by atoms with Crippen LogP contribution in [-0.2, 0) is 4.79 Å². The van der Waals surface area contributed by atoms with Crippen molar-refractivity contribution < 1.29 is 9.90 Å². The van der Waals surface area contributed by atoms with Crippen LogP contribution in [0, 0.1) is 0 Å². The van der Waals surface area contributed by atoms with E-state index in [1.54, 1.807) is 25.1 Å². The van der Waals surface area contributed by atoms with Gasteiger partial charge in [-0.25, -0.2) is 4.79 Å². The number of carbonyl (C=O) groups excluding carboxylic acids is 1. The number of rotatable bonds is 2. The molecule has 1 unspecified atom stereocenters. The highest BCUT2D eigenvalue weighted by Crippen LogP contribution is 2.27. The molecule has 0 fully saturated rings. The molecule has 68 valence electrons. The van der Waals surface area contributed by atoms with E-state index in [0.717, 1.165) is 5.56 Å². The zero-order valence-corrected chi connectivity index (χ0v) is 8.58. The molecule has 1 aromatic rings. The summed E-state index contributed by atoms with van der Waals surface area (Å²) in [5, 5.41) is 9.20. The zero-order chi connectivity index (χ0) is 9.84. The van der Waals surface area contributed by atoms with E-state index in [0.29, 0.717) is 4.47 Å². The number of halogens is 1. The fraction of sp³-hybridized carbons (Fsp3) is 0.222. The van der Waals surface area contributed by atoms with Crippen molar-refractivity contribution in [2.45, 2.75) is 13.0 Å². The van der Waals surface area contributed by atoms with Crippen molar-refractivity contribution >= 4 is 22.0 Å². The standard InChI is InChI=1S/C9H8BrNO2/c1-6(11-5-12)7-2-3-9(13)8(10)4-7/h2-4,6,13H,1H3. The molecule has 1 N–H and O–H groups in total. The molecule has 4 heteroatoms. The molecule has 0 bridgehead atoms. The van der Waals surface area contributed by atoms with Crippen molar-refractivity contribution in [1.82, 2.24) is 0 Å². The van der Waals surface area contributed by atoms with Crippen LogP contribution in [0.4, 0.5) is 0 Å². The third-order valence-electron chi connectivity index (χ3n) is 1.70. The Morgan fingerprint density at radius 1 is 1.62 bits per heavy atom. The summed E-state index contributed by atoms with van der Waals surface area (Å²) in [4.78, 5) is 13.5. The molecular weight excluding hydrogens is 234 g/mol. The first kappa shape index (κ1) is 9.96. The largest absolute Gasteiger partial charge is 0.507 e. The first-order chi connectivity index (χ1) is 6.15. The minimum absolute atomic E-state index is 0.172. The van der Waals surface area contributed by atoms with Gasteiger partial charge in [-0.2, -0.15) is 4.99 Å². The fourth-order valence-electron chi connectivity index (χ4n) is 0.937. The molecule has 0 spiro atoms. The predicted molar refractivity (Wildman–Crippen MR) is 52.3 cm³/mol. The maximum Gasteiger partial charge on any atom is 0.235 e. The van der Waals surface area contributed by atoms with Gasteiger partial charge in [0, 0.05) is 0 Å². The Morgan fingerprint density at radius 3 is 2.85 bits per heavy atom. The highest BCUT2D eigenvalue weighted by Gasteiger charge is 2.05. The number of phenolic OH excluding ortho intramolecular Hbond substituents is 1. The van der Waals surface area contributed by atoms with Gasteiger partial charge < -0.3 is 5.11 Å². The summed E-state index contributed by atoms with van der Waals surface area (Å²) in [6.45, 7) is 1.78. The monoisotopic (exact) mass is 241 g/mol. The van der Waals surface area contributed by atoms with Crippen LogP contribution < -0.4 is 0 Å². The first-order valence-electron chi connectivity index (χ1n) is 3.70. The van der Waals surface area contributed by atoms with Gasteiger partial charge in [0.05, 0.1) is 10.5 Å². The lowest BCUT2D eigenvalue weighted by molar-refractivity contribution is 0.471. The Kier molecular flexibility index (Phi) is 3.23. The lowest BCUT2D eigenvalue weighted by atomic mass is 10.1. The van der Waals surface area contributed by atoms with Crippen LogP contribution in [0.5, 0.6) is 5.75 Å². The normalized spacial score (nSPS) is 11.8. The minimum atomic E-state index is -0.227. The van der Waals surface area contributed by atoms with Crippen molar-refractivity contribution in [2.24, 2.45) is 4.99 Å². The van der Waals surface area contributed by atoms with E-state index in [1.165, 1.54) is 6.08 Å². The topological polar surface area (TPSA) is 49.7 Å². The number of hydrogen-bond acceptors (Lipinski definition) is 3. The molecule has 0 amide bonds. The summed E-state index contributed by atoms with van der Waals surface area (Å²) in [6.07, 6.45) is 1.50. The van der Waals surface area contributed by atoms with Gasteiger partial charge in [0.15, 0.2) is 0 Å². The second-order valence-electron chi connectivity index (χ2n) is 2.61. The number of nitrogens with zero attached hydrogens (tertiary/aromatic N) is 1. The van der Waals surface area contributed by atoms with Gasteiger partial charge in [0.25, 0.3) is 0 Å². The van der Waals surface area contributed by atoms with Crippen molar-refractivity contribution in [1.29, 1.82) is 0 Å². The molecule has 3 nitrogen and oxygen atoms in total. The van der Waals surface area contributed by atoms with E-state index >= 15 is 0 Å². The van der Waals surface area contributed by atoms with Gasteiger partial charge in [-0.3, -0.25) is 0 Å². The second-order valence-corrected chi connectivity index (χ2v) is 3.46. The van der Waals surface area contributed by atoms with Crippen LogP contribution in [0.25, 0.3) is 0 Å². The molecule has 1 aromatic carbocycles. The molecule has 0 aromatic heterocycles. The van der Waals surface area contributed by atoms with Gasteiger partial charge in [-0.1, -0.05) is 6.07 Å². The highest BCUT2D eigenvalue weighted by atomic mass is 79.9. The summed E-state index contributed by atoms with van der Waals surface area (Å²) in [6, 6.07) is 4.76. The lowest BCUT2D eigenvalue weighted by Crippen LogP contribution is -1.88. The number of isocyanates is 1. The molecule has 0 heterocycles. The highest BCUT2D eigenvalue weighted by molar-refractivity contribution is 9.10. The van der Waals surface area contributed by atoms with Gasteiger partial charge >= 0.3 is 0 Å². The zero-order valence-electron chi connectivity index (χ0n) is 6.99. The smallest absolute Gasteiger partial charge is 0.235 e. The molecule has 0 saturated carbocycles. The molecule has 0 saturated heterocycles. The Hall–Kier alpha value is -1.12. The molecule has 1 rings (SSSR count). The van der Waals surface area contributed by atoms with Crippen LogP contribution >= 0.6 is 15.9 Å². The van der Waals surface area contributed by atoms with E-state index < -0.39 is 0 Å². The van der Waals surface area contributed by atoms with Crippen LogP contribution in [0.1, 0.15) is 18.5 Å². The quantitative estimate of drug-likeness (QED) is 0.639. The maximum absolute atomic E-state index is 9.99. The van der Waals surface area contributed by atoms with Crippen LogP contribution in [0.15, 0.2) is 27.7 Å². The second kappa shape index (κ2) is 4.21. The third kappa shape index (κ3) is 2.41. The molecule has 0 aliphatic rings. The number of phenols is 1. The summed E-state index contributed by atoms with van der Waals surface area (Å²) >= 11 is 3.18. The average molecular weight is 242 g/mol. The van der Waals surface area contributed by atoms with E-state index in [2.05, 4.69) is 20.9 Å². The van der Waals surface area contributed by atoms with E-state index in [4.69, 9.17) is 0 Å².